The summed E-state index contributed by atoms with van der Waals surface area (Å²) in [5, 5.41) is 4.03. The number of nitrogens with one attached hydrogen (secondary N) is 2. The maximum absolute atomic E-state index is 12.7. The van der Waals surface area contributed by atoms with Gasteiger partial charge in [0.2, 0.25) is 5.95 Å². The molecule has 8 heteroatoms. The number of rotatable bonds is 7. The number of halogens is 2. The van der Waals surface area contributed by atoms with Crippen molar-refractivity contribution in [3.63, 3.8) is 0 Å². The highest BCUT2D eigenvalue weighted by Gasteiger charge is 2.14. The van der Waals surface area contributed by atoms with Crippen molar-refractivity contribution < 1.29 is 18.3 Å². The van der Waals surface area contributed by atoms with E-state index in [1.165, 1.54) is 6.21 Å². The van der Waals surface area contributed by atoms with E-state index in [0.29, 0.717) is 18.1 Å². The number of hydrogen-bond donors (Lipinski definition) is 2. The van der Waals surface area contributed by atoms with Crippen LogP contribution in [0.25, 0.3) is 11.0 Å². The Morgan fingerprint density at radius 1 is 1.24 bits per heavy atom. The smallest absolute Gasteiger partial charge is 0.387 e. The molecule has 2 N–H and O–H groups in total. The van der Waals surface area contributed by atoms with Crippen LogP contribution in [0, 0.1) is 0 Å². The van der Waals surface area contributed by atoms with Gasteiger partial charge in [0.15, 0.2) is 11.5 Å². The normalized spacial score (nSPS) is 11.4. The number of nitrogens with zero attached hydrogens (tertiary/aromatic N) is 2. The number of aromatic nitrogens is 2. The zero-order valence-corrected chi connectivity index (χ0v) is 13.4. The molecule has 0 amide bonds. The fourth-order valence-corrected chi connectivity index (χ4v) is 2.29. The molecule has 1 heterocycles. The van der Waals surface area contributed by atoms with Gasteiger partial charge in [0.25, 0.3) is 0 Å². The second kappa shape index (κ2) is 7.61. The van der Waals surface area contributed by atoms with E-state index >= 15 is 0 Å². The number of aromatic amines is 1. The molecule has 130 valence electrons. The minimum absolute atomic E-state index is 0.0606. The number of benzene rings is 2. The minimum atomic E-state index is -2.96. The summed E-state index contributed by atoms with van der Waals surface area (Å²) < 4.78 is 35.2. The van der Waals surface area contributed by atoms with Gasteiger partial charge < -0.3 is 14.5 Å². The molecule has 25 heavy (non-hydrogen) atoms. The molecule has 0 atom stereocenters. The average Bonchev–Trinajstić information content (AvgIpc) is 3.00. The highest BCUT2D eigenvalue weighted by Crippen LogP contribution is 2.31. The first-order valence-electron chi connectivity index (χ1n) is 7.62. The monoisotopic (exact) mass is 346 g/mol. The van der Waals surface area contributed by atoms with Gasteiger partial charge in [0, 0.05) is 5.56 Å². The van der Waals surface area contributed by atoms with Crippen LogP contribution in [-0.4, -0.2) is 29.4 Å². The van der Waals surface area contributed by atoms with E-state index in [4.69, 9.17) is 4.74 Å². The summed E-state index contributed by atoms with van der Waals surface area (Å²) in [7, 11) is 0. The maximum atomic E-state index is 12.7. The molecule has 3 aromatic rings. The summed E-state index contributed by atoms with van der Waals surface area (Å²) in [5.41, 5.74) is 4.74. The van der Waals surface area contributed by atoms with E-state index in [-0.39, 0.29) is 11.5 Å². The lowest BCUT2D eigenvalue weighted by molar-refractivity contribution is -0.0515. The van der Waals surface area contributed by atoms with Crippen LogP contribution < -0.4 is 14.9 Å². The van der Waals surface area contributed by atoms with Crippen molar-refractivity contribution in [1.82, 2.24) is 9.97 Å². The SMILES string of the molecule is CCOc1cccc(/C=N\Nc2nc3ccccc3[nH]2)c1OC(F)F. The molecule has 2 aromatic carbocycles. The van der Waals surface area contributed by atoms with Gasteiger partial charge in [0.1, 0.15) is 0 Å². The van der Waals surface area contributed by atoms with Crippen molar-refractivity contribution >= 4 is 23.2 Å². The Kier molecular flexibility index (Phi) is 5.08. The van der Waals surface area contributed by atoms with E-state index in [1.54, 1.807) is 25.1 Å². The molecule has 0 fully saturated rings. The Bertz CT molecular complexity index is 847. The molecule has 0 aliphatic heterocycles. The standard InChI is InChI=1S/C17H16F2N4O2/c1-2-24-14-9-5-6-11(15(14)25-16(18)19)10-20-23-17-21-12-7-3-4-8-13(12)22-17/h3-10,16H,2H2,1H3,(H2,21,22,23)/b20-10-. The van der Waals surface area contributed by atoms with Crippen LogP contribution in [0.15, 0.2) is 47.6 Å². The molecular weight excluding hydrogens is 330 g/mol. The third kappa shape index (κ3) is 4.03. The van der Waals surface area contributed by atoms with Gasteiger partial charge in [-0.25, -0.2) is 10.4 Å². The third-order valence-corrected chi connectivity index (χ3v) is 3.28. The molecule has 0 aliphatic carbocycles. The van der Waals surface area contributed by atoms with Crippen molar-refractivity contribution in [3.05, 3.63) is 48.0 Å². The molecular formula is C17H16F2N4O2. The summed E-state index contributed by atoms with van der Waals surface area (Å²) in [6.07, 6.45) is 1.37. The average molecular weight is 346 g/mol. The number of imidazole rings is 1. The van der Waals surface area contributed by atoms with Gasteiger partial charge in [0.05, 0.1) is 23.9 Å². The van der Waals surface area contributed by atoms with Crippen molar-refractivity contribution in [2.75, 3.05) is 12.0 Å². The Morgan fingerprint density at radius 3 is 2.84 bits per heavy atom. The van der Waals surface area contributed by atoms with Crippen LogP contribution >= 0.6 is 0 Å². The topological polar surface area (TPSA) is 71.5 Å². The lowest BCUT2D eigenvalue weighted by Crippen LogP contribution is -2.07. The van der Waals surface area contributed by atoms with Crippen molar-refractivity contribution in [1.29, 1.82) is 0 Å². The first-order chi connectivity index (χ1) is 12.2. The van der Waals surface area contributed by atoms with E-state index in [0.717, 1.165) is 11.0 Å². The number of anilines is 1. The van der Waals surface area contributed by atoms with E-state index < -0.39 is 6.61 Å². The lowest BCUT2D eigenvalue weighted by atomic mass is 10.2. The molecule has 0 unspecified atom stereocenters. The van der Waals surface area contributed by atoms with Crippen molar-refractivity contribution in [2.24, 2.45) is 5.10 Å². The Balaban J connectivity index is 1.80. The number of hydrazone groups is 1. The predicted molar refractivity (Wildman–Crippen MR) is 91.6 cm³/mol. The predicted octanol–water partition coefficient (Wildman–Crippen LogP) is 4.01. The molecule has 6 nitrogen and oxygen atoms in total. The maximum Gasteiger partial charge on any atom is 0.387 e. The molecule has 0 aliphatic rings. The zero-order chi connectivity index (χ0) is 17.6. The third-order valence-electron chi connectivity index (χ3n) is 3.28. The Labute approximate surface area is 142 Å². The molecule has 0 spiro atoms. The second-order valence-corrected chi connectivity index (χ2v) is 4.96. The van der Waals surface area contributed by atoms with Gasteiger partial charge in [-0.3, -0.25) is 0 Å². The lowest BCUT2D eigenvalue weighted by Gasteiger charge is -2.13. The summed E-state index contributed by atoms with van der Waals surface area (Å²) in [5.74, 6) is 0.611. The number of fused-ring (bicyclic) bond motifs is 1. The molecule has 0 saturated heterocycles. The number of alkyl halides is 2. The summed E-state index contributed by atoms with van der Waals surface area (Å²) in [6.45, 7) is -0.870. The number of ether oxygens (including phenoxy) is 2. The Hall–Kier alpha value is -3.16. The highest BCUT2D eigenvalue weighted by molar-refractivity contribution is 5.85. The van der Waals surface area contributed by atoms with Crippen LogP contribution in [-0.2, 0) is 0 Å². The number of H-pyrrole nitrogens is 1. The fourth-order valence-electron chi connectivity index (χ4n) is 2.29. The van der Waals surface area contributed by atoms with E-state index in [1.807, 2.05) is 24.3 Å². The fraction of sp³-hybridized carbons (Fsp3) is 0.176. The van der Waals surface area contributed by atoms with Gasteiger partial charge in [-0.2, -0.15) is 13.9 Å². The van der Waals surface area contributed by atoms with Gasteiger partial charge in [-0.05, 0) is 31.2 Å². The van der Waals surface area contributed by atoms with Crippen LogP contribution in [0.3, 0.4) is 0 Å². The molecule has 0 saturated carbocycles. The van der Waals surface area contributed by atoms with Crippen molar-refractivity contribution in [3.8, 4) is 11.5 Å². The van der Waals surface area contributed by atoms with Crippen LogP contribution in [0.2, 0.25) is 0 Å². The minimum Gasteiger partial charge on any atom is -0.490 e. The van der Waals surface area contributed by atoms with Crippen LogP contribution in [0.5, 0.6) is 11.5 Å². The second-order valence-electron chi connectivity index (χ2n) is 4.96. The molecule has 0 radical (unpaired) electrons. The van der Waals surface area contributed by atoms with Crippen molar-refractivity contribution in [2.45, 2.75) is 13.5 Å². The van der Waals surface area contributed by atoms with Crippen LogP contribution in [0.4, 0.5) is 14.7 Å². The molecule has 3 rings (SSSR count). The van der Waals surface area contributed by atoms with Gasteiger partial charge in [-0.15, -0.1) is 0 Å². The zero-order valence-electron chi connectivity index (χ0n) is 13.4. The molecule has 0 bridgehead atoms. The van der Waals surface area contributed by atoms with Gasteiger partial charge >= 0.3 is 6.61 Å². The van der Waals surface area contributed by atoms with Crippen LogP contribution in [0.1, 0.15) is 12.5 Å². The van der Waals surface area contributed by atoms with E-state index in [2.05, 4.69) is 25.2 Å². The first kappa shape index (κ1) is 16.7. The highest BCUT2D eigenvalue weighted by atomic mass is 19.3. The number of para-hydroxylation sites is 3. The van der Waals surface area contributed by atoms with Gasteiger partial charge in [-0.1, -0.05) is 18.2 Å². The quantitative estimate of drug-likeness (QED) is 0.501. The van der Waals surface area contributed by atoms with E-state index in [9.17, 15) is 8.78 Å². The summed E-state index contributed by atoms with van der Waals surface area (Å²) in [6, 6.07) is 12.4. The summed E-state index contributed by atoms with van der Waals surface area (Å²) >= 11 is 0. The Morgan fingerprint density at radius 2 is 2.08 bits per heavy atom. The molecule has 1 aromatic heterocycles. The number of hydrogen-bond acceptors (Lipinski definition) is 5. The largest absolute Gasteiger partial charge is 0.490 e. The first-order valence-corrected chi connectivity index (χ1v) is 7.62. The summed E-state index contributed by atoms with van der Waals surface area (Å²) in [4.78, 5) is 7.35.